The molecule has 2 unspecified atom stereocenters. The Labute approximate surface area is 96.2 Å². The van der Waals surface area contributed by atoms with Crippen molar-refractivity contribution in [2.45, 2.75) is 59.8 Å². The average Bonchev–Trinajstić information content (AvgIpc) is 2.20. The van der Waals surface area contributed by atoms with Crippen LogP contribution in [0, 0.1) is 23.7 Å². The summed E-state index contributed by atoms with van der Waals surface area (Å²) in [6.07, 6.45) is 6.81. The lowest BCUT2D eigenvalue weighted by atomic mass is 9.55. The summed E-state index contributed by atoms with van der Waals surface area (Å²) in [5.41, 5.74) is 1.35. The van der Waals surface area contributed by atoms with Crippen LogP contribution in [0.25, 0.3) is 0 Å². The molecule has 0 heteroatoms. The van der Waals surface area contributed by atoms with Crippen molar-refractivity contribution in [1.29, 1.82) is 0 Å². The second-order valence-corrected chi connectivity index (χ2v) is 5.68. The highest BCUT2D eigenvalue weighted by Crippen LogP contribution is 2.50. The second kappa shape index (κ2) is 5.72. The van der Waals surface area contributed by atoms with Crippen LogP contribution in [0.3, 0.4) is 0 Å². The van der Waals surface area contributed by atoms with Gasteiger partial charge in [0.15, 0.2) is 0 Å². The highest BCUT2D eigenvalue weighted by atomic mass is 14.5. The largest absolute Gasteiger partial charge is 0.100 e. The Morgan fingerprint density at radius 3 is 2.07 bits per heavy atom. The molecule has 0 aliphatic heterocycles. The van der Waals surface area contributed by atoms with Crippen molar-refractivity contribution in [3.05, 3.63) is 12.2 Å². The molecular formula is C15H28. The molecule has 0 N–H and O–H groups in total. The summed E-state index contributed by atoms with van der Waals surface area (Å²) in [5, 5.41) is 0. The molecule has 1 fully saturated rings. The van der Waals surface area contributed by atoms with Crippen LogP contribution >= 0.6 is 0 Å². The highest BCUT2D eigenvalue weighted by molar-refractivity contribution is 4.93. The molecule has 1 aliphatic carbocycles. The molecule has 0 aromatic rings. The van der Waals surface area contributed by atoms with Crippen molar-refractivity contribution in [3.63, 3.8) is 0 Å². The van der Waals surface area contributed by atoms with E-state index in [4.69, 9.17) is 0 Å². The predicted molar refractivity (Wildman–Crippen MR) is 68.9 cm³/mol. The van der Waals surface area contributed by atoms with E-state index in [1.165, 1.54) is 37.7 Å². The molecule has 2 atom stereocenters. The topological polar surface area (TPSA) is 0 Å². The van der Waals surface area contributed by atoms with Crippen LogP contribution in [-0.4, -0.2) is 0 Å². The maximum atomic E-state index is 3.98. The maximum Gasteiger partial charge on any atom is -0.0326 e. The van der Waals surface area contributed by atoms with E-state index in [1.54, 1.807) is 0 Å². The zero-order chi connectivity index (χ0) is 11.4. The first-order chi connectivity index (χ1) is 7.07. The van der Waals surface area contributed by atoms with E-state index in [9.17, 15) is 0 Å². The Kier molecular flexibility index (Phi) is 4.89. The first-order valence-corrected chi connectivity index (χ1v) is 6.72. The minimum atomic E-state index is 0.977. The van der Waals surface area contributed by atoms with Gasteiger partial charge in [-0.3, -0.25) is 0 Å². The van der Waals surface area contributed by atoms with Gasteiger partial charge in [-0.15, -0.1) is 6.58 Å². The molecule has 0 amide bonds. The molecule has 1 aliphatic rings. The highest BCUT2D eigenvalue weighted by Gasteiger charge is 2.42. The molecule has 0 bridgehead atoms. The van der Waals surface area contributed by atoms with Crippen molar-refractivity contribution in [3.8, 4) is 0 Å². The van der Waals surface area contributed by atoms with Crippen LogP contribution < -0.4 is 0 Å². The molecule has 1 rings (SSSR count). The van der Waals surface area contributed by atoms with E-state index >= 15 is 0 Å². The Morgan fingerprint density at radius 2 is 1.60 bits per heavy atom. The third-order valence-electron chi connectivity index (χ3n) is 4.46. The van der Waals surface area contributed by atoms with Crippen molar-refractivity contribution >= 4 is 0 Å². The van der Waals surface area contributed by atoms with Gasteiger partial charge in [-0.1, -0.05) is 39.2 Å². The minimum Gasteiger partial charge on any atom is -0.100 e. The molecule has 0 nitrogen and oxygen atoms in total. The normalized spacial score (nSPS) is 34.9. The van der Waals surface area contributed by atoms with Gasteiger partial charge in [0, 0.05) is 0 Å². The average molecular weight is 208 g/mol. The summed E-state index contributed by atoms with van der Waals surface area (Å²) in [4.78, 5) is 0. The SMILES string of the molecule is C=C(C)CCCC1C(C)C(CCC)C1C. The Bertz CT molecular complexity index is 194. The zero-order valence-electron chi connectivity index (χ0n) is 11.1. The number of hydrogen-bond acceptors (Lipinski definition) is 0. The first-order valence-electron chi connectivity index (χ1n) is 6.72. The standard InChI is InChI=1S/C15H28/c1-6-8-14-12(4)15(13(14)5)10-7-9-11(2)3/h12-15H,2,6-10H2,1,3-5H3. The predicted octanol–water partition coefficient (Wildman–Crippen LogP) is 5.05. The van der Waals surface area contributed by atoms with Crippen molar-refractivity contribution < 1.29 is 0 Å². The van der Waals surface area contributed by atoms with Gasteiger partial charge in [0.05, 0.1) is 0 Å². The Morgan fingerprint density at radius 1 is 1.07 bits per heavy atom. The molecule has 0 aromatic carbocycles. The van der Waals surface area contributed by atoms with Gasteiger partial charge in [-0.2, -0.15) is 0 Å². The quantitative estimate of drug-likeness (QED) is 0.536. The molecule has 15 heavy (non-hydrogen) atoms. The number of rotatable bonds is 6. The number of hydrogen-bond donors (Lipinski definition) is 0. The van der Waals surface area contributed by atoms with E-state index in [-0.39, 0.29) is 0 Å². The van der Waals surface area contributed by atoms with Crippen molar-refractivity contribution in [2.24, 2.45) is 23.7 Å². The summed E-state index contributed by atoms with van der Waals surface area (Å²) in [7, 11) is 0. The fraction of sp³-hybridized carbons (Fsp3) is 0.867. The van der Waals surface area contributed by atoms with Crippen LogP contribution in [0.5, 0.6) is 0 Å². The van der Waals surface area contributed by atoms with Gasteiger partial charge in [-0.25, -0.2) is 0 Å². The first kappa shape index (κ1) is 12.8. The Balaban J connectivity index is 2.24. The van der Waals surface area contributed by atoms with Gasteiger partial charge in [0.2, 0.25) is 0 Å². The fourth-order valence-corrected chi connectivity index (χ4v) is 3.47. The van der Waals surface area contributed by atoms with E-state index in [0.29, 0.717) is 0 Å². The third kappa shape index (κ3) is 3.09. The van der Waals surface area contributed by atoms with E-state index in [2.05, 4.69) is 34.3 Å². The summed E-state index contributed by atoms with van der Waals surface area (Å²) < 4.78 is 0. The lowest BCUT2D eigenvalue weighted by Crippen LogP contribution is -2.43. The zero-order valence-corrected chi connectivity index (χ0v) is 11.1. The lowest BCUT2D eigenvalue weighted by Gasteiger charge is -2.50. The van der Waals surface area contributed by atoms with Gasteiger partial charge >= 0.3 is 0 Å². The van der Waals surface area contributed by atoms with Crippen LogP contribution in [0.2, 0.25) is 0 Å². The van der Waals surface area contributed by atoms with E-state index in [0.717, 1.165) is 23.7 Å². The van der Waals surface area contributed by atoms with Crippen LogP contribution in [0.1, 0.15) is 59.8 Å². The molecule has 0 aromatic heterocycles. The molecular weight excluding hydrogens is 180 g/mol. The van der Waals surface area contributed by atoms with Gasteiger partial charge in [0.25, 0.3) is 0 Å². The van der Waals surface area contributed by atoms with Gasteiger partial charge < -0.3 is 0 Å². The number of allylic oxidation sites excluding steroid dienone is 1. The Hall–Kier alpha value is -0.260. The molecule has 0 heterocycles. The third-order valence-corrected chi connectivity index (χ3v) is 4.46. The molecule has 0 spiro atoms. The second-order valence-electron chi connectivity index (χ2n) is 5.68. The van der Waals surface area contributed by atoms with Crippen molar-refractivity contribution in [2.75, 3.05) is 0 Å². The monoisotopic (exact) mass is 208 g/mol. The summed E-state index contributed by atoms with van der Waals surface area (Å²) >= 11 is 0. The van der Waals surface area contributed by atoms with E-state index < -0.39 is 0 Å². The fourth-order valence-electron chi connectivity index (χ4n) is 3.47. The molecule has 0 radical (unpaired) electrons. The minimum absolute atomic E-state index is 0.977. The van der Waals surface area contributed by atoms with Crippen LogP contribution in [0.15, 0.2) is 12.2 Å². The lowest BCUT2D eigenvalue weighted by molar-refractivity contribution is -0.0105. The van der Waals surface area contributed by atoms with Gasteiger partial charge in [0.1, 0.15) is 0 Å². The van der Waals surface area contributed by atoms with E-state index in [1.807, 2.05) is 0 Å². The summed E-state index contributed by atoms with van der Waals surface area (Å²) in [5.74, 6) is 3.97. The summed E-state index contributed by atoms with van der Waals surface area (Å²) in [6, 6.07) is 0. The summed E-state index contributed by atoms with van der Waals surface area (Å²) in [6.45, 7) is 13.4. The van der Waals surface area contributed by atoms with Crippen LogP contribution in [0.4, 0.5) is 0 Å². The van der Waals surface area contributed by atoms with Gasteiger partial charge in [-0.05, 0) is 49.9 Å². The maximum absolute atomic E-state index is 3.98. The van der Waals surface area contributed by atoms with Crippen LogP contribution in [-0.2, 0) is 0 Å². The molecule has 0 saturated heterocycles. The smallest absolute Gasteiger partial charge is 0.0326 e. The molecule has 88 valence electrons. The van der Waals surface area contributed by atoms with Crippen molar-refractivity contribution in [1.82, 2.24) is 0 Å². The molecule has 1 saturated carbocycles.